The van der Waals surface area contributed by atoms with Gasteiger partial charge in [0.15, 0.2) is 5.82 Å². The van der Waals surface area contributed by atoms with Gasteiger partial charge in [-0.3, -0.25) is 9.78 Å². The van der Waals surface area contributed by atoms with Crippen LogP contribution in [0.4, 0.5) is 15.8 Å². The summed E-state index contributed by atoms with van der Waals surface area (Å²) in [5, 5.41) is 22.6. The van der Waals surface area contributed by atoms with E-state index in [-0.39, 0.29) is 29.2 Å². The Balaban J connectivity index is 1.36. The summed E-state index contributed by atoms with van der Waals surface area (Å²) in [7, 11) is 1.57. The number of ether oxygens (including phenoxy) is 1. The molecule has 2 aromatic heterocycles. The standard InChI is InChI=1S/C33H35Cl2FN6O3/c1-19(43)15-37-16-20-5-3-8-27(31(20)36)41-26-13-14-39-32(30(26)35)24-7-4-6-23(29(24)34)25-11-9-21(33(42-25)45-2)17-38-18-22-10-12-28(44)40-22/h3-9,11,13-14,19,22,37-38,43H,10,12,15-18H2,1-2H3,(H,39,41)(H,40,44)/t19-,22+/m0/s1. The van der Waals surface area contributed by atoms with Crippen LogP contribution in [0, 0.1) is 5.82 Å². The summed E-state index contributed by atoms with van der Waals surface area (Å²) in [5.41, 5.74) is 4.33. The minimum Gasteiger partial charge on any atom is -0.481 e. The molecule has 45 heavy (non-hydrogen) atoms. The fourth-order valence-corrected chi connectivity index (χ4v) is 5.73. The second-order valence-electron chi connectivity index (χ2n) is 10.9. The number of nitrogens with one attached hydrogen (secondary N) is 4. The van der Waals surface area contributed by atoms with Crippen LogP contribution in [0.1, 0.15) is 30.9 Å². The van der Waals surface area contributed by atoms with E-state index in [1.165, 1.54) is 0 Å². The van der Waals surface area contributed by atoms with Crippen molar-refractivity contribution in [2.45, 2.75) is 45.0 Å². The Hall–Kier alpha value is -3.80. The molecule has 0 radical (unpaired) electrons. The number of carbonyl (C=O) groups excluding carboxylic acids is 1. The molecule has 0 bridgehead atoms. The van der Waals surface area contributed by atoms with Gasteiger partial charge >= 0.3 is 0 Å². The van der Waals surface area contributed by atoms with Crippen molar-refractivity contribution in [3.63, 3.8) is 0 Å². The van der Waals surface area contributed by atoms with Gasteiger partial charge in [-0.25, -0.2) is 9.37 Å². The number of carbonyl (C=O) groups is 1. The van der Waals surface area contributed by atoms with E-state index in [0.717, 1.165) is 12.0 Å². The minimum absolute atomic E-state index is 0.0847. The van der Waals surface area contributed by atoms with Crippen molar-refractivity contribution in [2.75, 3.05) is 25.5 Å². The van der Waals surface area contributed by atoms with Gasteiger partial charge in [0.1, 0.15) is 0 Å². The number of aliphatic hydroxyl groups is 1. The van der Waals surface area contributed by atoms with Crippen LogP contribution in [0.25, 0.3) is 22.5 Å². The Morgan fingerprint density at radius 1 is 1.02 bits per heavy atom. The lowest BCUT2D eigenvalue weighted by Crippen LogP contribution is -2.35. The van der Waals surface area contributed by atoms with Gasteiger partial charge < -0.3 is 31.1 Å². The summed E-state index contributed by atoms with van der Waals surface area (Å²) >= 11 is 13.8. The zero-order valence-corrected chi connectivity index (χ0v) is 26.5. The molecule has 0 unspecified atom stereocenters. The van der Waals surface area contributed by atoms with Gasteiger partial charge in [0.2, 0.25) is 11.8 Å². The minimum atomic E-state index is -0.535. The van der Waals surface area contributed by atoms with Crippen molar-refractivity contribution in [1.82, 2.24) is 25.9 Å². The molecule has 5 rings (SSSR count). The van der Waals surface area contributed by atoms with Gasteiger partial charge in [-0.1, -0.05) is 59.6 Å². The highest BCUT2D eigenvalue weighted by atomic mass is 35.5. The van der Waals surface area contributed by atoms with E-state index in [1.807, 2.05) is 30.3 Å². The number of pyridine rings is 2. The smallest absolute Gasteiger partial charge is 0.220 e. The number of aromatic nitrogens is 2. The van der Waals surface area contributed by atoms with Crippen LogP contribution >= 0.6 is 23.2 Å². The first-order valence-corrected chi connectivity index (χ1v) is 15.4. The monoisotopic (exact) mass is 652 g/mol. The van der Waals surface area contributed by atoms with Crippen molar-refractivity contribution in [3.8, 4) is 28.4 Å². The molecule has 3 heterocycles. The van der Waals surface area contributed by atoms with E-state index in [4.69, 9.17) is 32.9 Å². The van der Waals surface area contributed by atoms with E-state index < -0.39 is 11.9 Å². The first-order chi connectivity index (χ1) is 21.7. The molecule has 5 N–H and O–H groups in total. The van der Waals surface area contributed by atoms with Crippen molar-refractivity contribution in [3.05, 3.63) is 87.8 Å². The van der Waals surface area contributed by atoms with Gasteiger partial charge in [-0.15, -0.1) is 0 Å². The van der Waals surface area contributed by atoms with E-state index >= 15 is 4.39 Å². The molecular formula is C33H35Cl2FN6O3. The zero-order chi connectivity index (χ0) is 31.9. The van der Waals surface area contributed by atoms with Gasteiger partial charge in [0, 0.05) is 67.1 Å². The van der Waals surface area contributed by atoms with E-state index in [2.05, 4.69) is 26.3 Å². The van der Waals surface area contributed by atoms with Crippen LogP contribution in [0.15, 0.2) is 60.8 Å². The summed E-state index contributed by atoms with van der Waals surface area (Å²) in [6, 6.07) is 16.2. The third kappa shape index (κ3) is 7.89. The molecule has 1 saturated heterocycles. The highest BCUT2D eigenvalue weighted by molar-refractivity contribution is 6.39. The highest BCUT2D eigenvalue weighted by Crippen LogP contribution is 2.41. The SMILES string of the molecule is COc1nc(-c2cccc(-c3nccc(Nc4cccc(CNC[C@H](C)O)c4F)c3Cl)c2Cl)ccc1CNC[C@H]1CCC(=O)N1. The molecule has 1 amide bonds. The maximum atomic E-state index is 15.3. The van der Waals surface area contributed by atoms with Crippen molar-refractivity contribution < 1.29 is 19.0 Å². The number of hydrogen-bond donors (Lipinski definition) is 5. The third-order valence-corrected chi connectivity index (χ3v) is 8.24. The van der Waals surface area contributed by atoms with Crippen LogP contribution in [-0.2, 0) is 17.9 Å². The highest BCUT2D eigenvalue weighted by Gasteiger charge is 2.21. The first-order valence-electron chi connectivity index (χ1n) is 14.7. The molecule has 0 saturated carbocycles. The molecule has 0 spiro atoms. The van der Waals surface area contributed by atoms with Crippen LogP contribution in [-0.4, -0.2) is 53.3 Å². The van der Waals surface area contributed by atoms with Crippen molar-refractivity contribution in [1.29, 1.82) is 0 Å². The maximum absolute atomic E-state index is 15.3. The third-order valence-electron chi connectivity index (χ3n) is 7.45. The van der Waals surface area contributed by atoms with E-state index in [9.17, 15) is 9.90 Å². The second-order valence-corrected chi connectivity index (χ2v) is 11.6. The van der Waals surface area contributed by atoms with E-state index in [1.54, 1.807) is 44.5 Å². The number of rotatable bonds is 13. The van der Waals surface area contributed by atoms with Crippen molar-refractivity contribution >= 4 is 40.5 Å². The average Bonchev–Trinajstić information content (AvgIpc) is 3.45. The Morgan fingerprint density at radius 3 is 2.56 bits per heavy atom. The lowest BCUT2D eigenvalue weighted by atomic mass is 10.0. The number of benzene rings is 2. The summed E-state index contributed by atoms with van der Waals surface area (Å²) in [6.07, 6.45) is 2.43. The summed E-state index contributed by atoms with van der Waals surface area (Å²) in [4.78, 5) is 20.7. The fourth-order valence-electron chi connectivity index (χ4n) is 5.16. The molecule has 4 aromatic rings. The Kier molecular flexibility index (Phi) is 10.9. The summed E-state index contributed by atoms with van der Waals surface area (Å²) < 4.78 is 20.9. The predicted molar refractivity (Wildman–Crippen MR) is 175 cm³/mol. The molecule has 1 aliphatic heterocycles. The molecule has 12 heteroatoms. The number of nitrogens with zero attached hydrogens (tertiary/aromatic N) is 2. The largest absolute Gasteiger partial charge is 0.481 e. The number of anilines is 2. The molecule has 1 fully saturated rings. The van der Waals surface area contributed by atoms with Crippen molar-refractivity contribution in [2.24, 2.45) is 0 Å². The number of methoxy groups -OCH3 is 1. The van der Waals surface area contributed by atoms with Gasteiger partial charge in [0.25, 0.3) is 0 Å². The Bertz CT molecular complexity index is 1670. The first kappa shape index (κ1) is 32.6. The summed E-state index contributed by atoms with van der Waals surface area (Å²) in [6.45, 7) is 3.46. The predicted octanol–water partition coefficient (Wildman–Crippen LogP) is 5.85. The molecule has 2 atom stereocenters. The van der Waals surface area contributed by atoms with E-state index in [0.29, 0.717) is 70.7 Å². The fraction of sp³-hybridized carbons (Fsp3) is 0.303. The van der Waals surface area contributed by atoms with Crippen LogP contribution < -0.4 is 26.0 Å². The zero-order valence-electron chi connectivity index (χ0n) is 25.0. The molecular weight excluding hydrogens is 618 g/mol. The Morgan fingerprint density at radius 2 is 1.80 bits per heavy atom. The number of halogens is 3. The average molecular weight is 654 g/mol. The van der Waals surface area contributed by atoms with Gasteiger partial charge in [0.05, 0.1) is 46.0 Å². The number of amides is 1. The molecule has 2 aromatic carbocycles. The molecule has 0 aliphatic carbocycles. The summed E-state index contributed by atoms with van der Waals surface area (Å²) in [5.74, 6) is 0.125. The van der Waals surface area contributed by atoms with Crippen LogP contribution in [0.5, 0.6) is 5.88 Å². The maximum Gasteiger partial charge on any atom is 0.220 e. The Labute approximate surface area is 271 Å². The number of aliphatic hydroxyl groups excluding tert-OH is 1. The molecule has 1 aliphatic rings. The van der Waals surface area contributed by atoms with Crippen LogP contribution in [0.3, 0.4) is 0 Å². The molecule has 9 nitrogen and oxygen atoms in total. The normalized spacial score (nSPS) is 15.2. The second kappa shape index (κ2) is 15.0. The van der Waals surface area contributed by atoms with Gasteiger partial charge in [-0.05, 0) is 31.5 Å². The molecule has 236 valence electrons. The quantitative estimate of drug-likeness (QED) is 0.122. The van der Waals surface area contributed by atoms with Gasteiger partial charge in [-0.2, -0.15) is 0 Å². The lowest BCUT2D eigenvalue weighted by Gasteiger charge is -2.16. The topological polar surface area (TPSA) is 120 Å². The lowest BCUT2D eigenvalue weighted by molar-refractivity contribution is -0.119. The number of hydrogen-bond acceptors (Lipinski definition) is 8. The van der Waals surface area contributed by atoms with Crippen LogP contribution in [0.2, 0.25) is 10.0 Å².